The fourth-order valence-electron chi connectivity index (χ4n) is 3.19. The van der Waals surface area contributed by atoms with Crippen LogP contribution in [0.25, 0.3) is 0 Å². The lowest BCUT2D eigenvalue weighted by molar-refractivity contribution is 0.0366. The molecular formula is C20H42O2. The molecule has 2 atom stereocenters. The van der Waals surface area contributed by atoms with Crippen molar-refractivity contribution in [2.75, 3.05) is 26.4 Å². The Kier molecular flexibility index (Phi) is 10.6. The first-order valence-corrected chi connectivity index (χ1v) is 9.15. The van der Waals surface area contributed by atoms with Gasteiger partial charge in [0.05, 0.1) is 13.2 Å². The molecule has 0 bridgehead atoms. The van der Waals surface area contributed by atoms with Crippen molar-refractivity contribution in [1.29, 1.82) is 0 Å². The molecule has 2 heteroatoms. The highest BCUT2D eigenvalue weighted by Gasteiger charge is 2.15. The zero-order valence-corrected chi connectivity index (χ0v) is 16.6. The maximum atomic E-state index is 5.68. The quantitative estimate of drug-likeness (QED) is 0.439. The van der Waals surface area contributed by atoms with E-state index in [-0.39, 0.29) is 0 Å². The van der Waals surface area contributed by atoms with Crippen LogP contribution < -0.4 is 0 Å². The van der Waals surface area contributed by atoms with E-state index in [0.717, 1.165) is 51.1 Å². The van der Waals surface area contributed by atoms with Gasteiger partial charge >= 0.3 is 0 Å². The Labute approximate surface area is 140 Å². The van der Waals surface area contributed by atoms with Crippen LogP contribution in [0, 0.1) is 22.7 Å². The summed E-state index contributed by atoms with van der Waals surface area (Å²) in [5, 5.41) is 0. The Balaban J connectivity index is 3.41. The molecule has 0 heterocycles. The van der Waals surface area contributed by atoms with Crippen LogP contribution in [0.1, 0.15) is 81.1 Å². The fraction of sp³-hybridized carbons (Fsp3) is 1.00. The van der Waals surface area contributed by atoms with Crippen molar-refractivity contribution < 1.29 is 9.47 Å². The molecule has 2 nitrogen and oxygen atoms in total. The van der Waals surface area contributed by atoms with Gasteiger partial charge in [0.1, 0.15) is 0 Å². The van der Waals surface area contributed by atoms with E-state index in [0.29, 0.717) is 10.8 Å². The maximum Gasteiger partial charge on any atom is 0.0700 e. The highest BCUT2D eigenvalue weighted by molar-refractivity contribution is 4.67. The largest absolute Gasteiger partial charge is 0.379 e. The van der Waals surface area contributed by atoms with Crippen LogP contribution >= 0.6 is 0 Å². The topological polar surface area (TPSA) is 18.5 Å². The van der Waals surface area contributed by atoms with Gasteiger partial charge in [-0.15, -0.1) is 0 Å². The molecule has 0 N–H and O–H groups in total. The van der Waals surface area contributed by atoms with Crippen LogP contribution in [0.3, 0.4) is 0 Å². The van der Waals surface area contributed by atoms with Crippen molar-refractivity contribution in [3.8, 4) is 0 Å². The average Bonchev–Trinajstić information content (AvgIpc) is 2.27. The van der Waals surface area contributed by atoms with Gasteiger partial charge < -0.3 is 9.47 Å². The molecule has 0 aromatic rings. The van der Waals surface area contributed by atoms with E-state index in [4.69, 9.17) is 9.47 Å². The second-order valence-corrected chi connectivity index (χ2v) is 9.54. The lowest BCUT2D eigenvalue weighted by Gasteiger charge is -2.23. The van der Waals surface area contributed by atoms with Crippen molar-refractivity contribution in [3.63, 3.8) is 0 Å². The minimum Gasteiger partial charge on any atom is -0.379 e. The Hall–Kier alpha value is -0.0800. The van der Waals surface area contributed by atoms with Gasteiger partial charge in [0.15, 0.2) is 0 Å². The molecule has 0 fully saturated rings. The summed E-state index contributed by atoms with van der Waals surface area (Å²) in [5.41, 5.74) is 0.846. The van der Waals surface area contributed by atoms with Crippen molar-refractivity contribution in [2.45, 2.75) is 81.1 Å². The molecule has 0 amide bonds. The van der Waals surface area contributed by atoms with Crippen LogP contribution in [0.2, 0.25) is 0 Å². The van der Waals surface area contributed by atoms with Crippen molar-refractivity contribution in [1.82, 2.24) is 0 Å². The summed E-state index contributed by atoms with van der Waals surface area (Å²) in [6.07, 6.45) is 4.83. The normalized spacial score (nSPS) is 15.8. The third-order valence-corrected chi connectivity index (χ3v) is 3.80. The summed E-state index contributed by atoms with van der Waals surface area (Å²) in [6, 6.07) is 0. The van der Waals surface area contributed by atoms with Crippen LogP contribution in [0.5, 0.6) is 0 Å². The zero-order valence-electron chi connectivity index (χ0n) is 16.6. The first kappa shape index (κ1) is 21.9. The Morgan fingerprint density at radius 1 is 0.591 bits per heavy atom. The predicted molar refractivity (Wildman–Crippen MR) is 97.3 cm³/mol. The van der Waals surface area contributed by atoms with E-state index < -0.39 is 0 Å². The van der Waals surface area contributed by atoms with Gasteiger partial charge in [-0.3, -0.25) is 0 Å². The molecule has 0 saturated carbocycles. The molecule has 0 rings (SSSR count). The first-order valence-electron chi connectivity index (χ1n) is 9.15. The van der Waals surface area contributed by atoms with E-state index >= 15 is 0 Å². The number of hydrogen-bond donors (Lipinski definition) is 0. The van der Waals surface area contributed by atoms with Gasteiger partial charge in [-0.2, -0.15) is 0 Å². The molecule has 0 aliphatic rings. The predicted octanol–water partition coefficient (Wildman–Crippen LogP) is 5.94. The van der Waals surface area contributed by atoms with E-state index in [1.54, 1.807) is 0 Å². The lowest BCUT2D eigenvalue weighted by atomic mass is 9.84. The number of hydrogen-bond acceptors (Lipinski definition) is 2. The molecule has 0 aromatic carbocycles. The van der Waals surface area contributed by atoms with E-state index in [9.17, 15) is 0 Å². The third-order valence-electron chi connectivity index (χ3n) is 3.80. The summed E-state index contributed by atoms with van der Waals surface area (Å²) < 4.78 is 11.4. The summed E-state index contributed by atoms with van der Waals surface area (Å²) >= 11 is 0. The molecule has 134 valence electrons. The smallest absolute Gasteiger partial charge is 0.0700 e. The van der Waals surface area contributed by atoms with Gasteiger partial charge in [-0.1, -0.05) is 55.4 Å². The van der Waals surface area contributed by atoms with Crippen molar-refractivity contribution in [2.24, 2.45) is 22.7 Å². The van der Waals surface area contributed by atoms with Crippen molar-refractivity contribution >= 4 is 0 Å². The third kappa shape index (κ3) is 16.3. The fourth-order valence-corrected chi connectivity index (χ4v) is 3.19. The molecule has 0 aromatic heterocycles. The van der Waals surface area contributed by atoms with E-state index in [2.05, 4.69) is 55.4 Å². The summed E-state index contributed by atoms with van der Waals surface area (Å²) in [6.45, 7) is 21.7. The Morgan fingerprint density at radius 3 is 1.18 bits per heavy atom. The van der Waals surface area contributed by atoms with Gasteiger partial charge in [-0.25, -0.2) is 0 Å². The highest BCUT2D eigenvalue weighted by atomic mass is 16.5. The van der Waals surface area contributed by atoms with Gasteiger partial charge in [0.25, 0.3) is 0 Å². The Morgan fingerprint density at radius 2 is 0.909 bits per heavy atom. The molecule has 0 radical (unpaired) electrons. The summed E-state index contributed by atoms with van der Waals surface area (Å²) in [4.78, 5) is 0. The average molecular weight is 315 g/mol. The van der Waals surface area contributed by atoms with Crippen LogP contribution in [-0.4, -0.2) is 26.4 Å². The molecule has 0 aliphatic carbocycles. The van der Waals surface area contributed by atoms with Gasteiger partial charge in [-0.05, 0) is 48.3 Å². The molecule has 0 saturated heterocycles. The number of ether oxygens (including phenoxy) is 2. The van der Waals surface area contributed by atoms with E-state index in [1.807, 2.05) is 0 Å². The summed E-state index contributed by atoms with van der Waals surface area (Å²) in [7, 11) is 0. The van der Waals surface area contributed by atoms with Crippen LogP contribution in [0.4, 0.5) is 0 Å². The molecule has 0 spiro atoms. The van der Waals surface area contributed by atoms with Crippen LogP contribution in [-0.2, 0) is 9.47 Å². The van der Waals surface area contributed by atoms with Gasteiger partial charge in [0.2, 0.25) is 0 Å². The lowest BCUT2D eigenvalue weighted by Crippen LogP contribution is -2.15. The minimum absolute atomic E-state index is 0.423. The minimum atomic E-state index is 0.423. The zero-order chi connectivity index (χ0) is 17.2. The van der Waals surface area contributed by atoms with Crippen molar-refractivity contribution in [3.05, 3.63) is 0 Å². The molecule has 22 heavy (non-hydrogen) atoms. The van der Waals surface area contributed by atoms with Gasteiger partial charge in [0, 0.05) is 13.2 Å². The molecule has 2 unspecified atom stereocenters. The maximum absolute atomic E-state index is 5.68. The Bertz CT molecular complexity index is 232. The molecular weight excluding hydrogens is 272 g/mol. The number of rotatable bonds is 11. The monoisotopic (exact) mass is 314 g/mol. The standard InChI is InChI=1S/C20H42O2/c1-17(15-19(3,4)5)9-11-21-13-14-22-12-10-18(2)16-20(6,7)8/h17-18H,9-16H2,1-8H3. The van der Waals surface area contributed by atoms with Crippen LogP contribution in [0.15, 0.2) is 0 Å². The van der Waals surface area contributed by atoms with E-state index in [1.165, 1.54) is 12.8 Å². The SMILES string of the molecule is CC(CCOCCOCCC(C)CC(C)(C)C)CC(C)(C)C. The summed E-state index contributed by atoms with van der Waals surface area (Å²) in [5.74, 6) is 1.47. The highest BCUT2D eigenvalue weighted by Crippen LogP contribution is 2.26. The second-order valence-electron chi connectivity index (χ2n) is 9.54. The second kappa shape index (κ2) is 10.6. The first-order chi connectivity index (χ1) is 9.99. The molecule has 0 aliphatic heterocycles.